The normalized spacial score (nSPS) is 10.8. The molecule has 0 aliphatic carbocycles. The second kappa shape index (κ2) is 9.32. The first-order valence-electron chi connectivity index (χ1n) is 8.59. The van der Waals surface area contributed by atoms with E-state index < -0.39 is 4.92 Å². The number of nitrogens with zero attached hydrogens (tertiary/aromatic N) is 2. The van der Waals surface area contributed by atoms with E-state index in [1.165, 1.54) is 12.3 Å². The van der Waals surface area contributed by atoms with Crippen LogP contribution in [0.25, 0.3) is 11.3 Å². The molecule has 1 heterocycles. The number of nitro groups is 1. The van der Waals surface area contributed by atoms with Gasteiger partial charge in [0.1, 0.15) is 11.5 Å². The highest BCUT2D eigenvalue weighted by atomic mass is 127. The predicted molar refractivity (Wildman–Crippen MR) is 119 cm³/mol. The summed E-state index contributed by atoms with van der Waals surface area (Å²) in [6, 6.07) is 15.8. The number of rotatable bonds is 7. The molecule has 0 spiro atoms. The van der Waals surface area contributed by atoms with Gasteiger partial charge in [0, 0.05) is 15.3 Å². The van der Waals surface area contributed by atoms with E-state index >= 15 is 0 Å². The van der Waals surface area contributed by atoms with Gasteiger partial charge in [-0.3, -0.25) is 14.9 Å². The Hall–Kier alpha value is -3.21. The molecule has 0 aliphatic rings. The number of benzene rings is 2. The third-order valence-electron chi connectivity index (χ3n) is 3.92. The standard InChI is InChI=1S/C20H17IN4O4/c1-13-2-8-17(18(10-13)25(27)28)19-9-7-16(29-19)11-23-24-20(26)12-22-15-5-3-14(21)4-6-15/h2-11,22H,12H2,1H3,(H,24,26)/b23-11-. The van der Waals surface area contributed by atoms with Crippen LogP contribution in [0.1, 0.15) is 11.3 Å². The van der Waals surface area contributed by atoms with Crippen molar-refractivity contribution in [2.75, 3.05) is 11.9 Å². The zero-order valence-electron chi connectivity index (χ0n) is 15.4. The molecular weight excluding hydrogens is 487 g/mol. The van der Waals surface area contributed by atoms with Crippen LogP contribution in [0, 0.1) is 20.6 Å². The summed E-state index contributed by atoms with van der Waals surface area (Å²) in [5, 5.41) is 18.1. The number of anilines is 1. The maximum absolute atomic E-state index is 11.9. The van der Waals surface area contributed by atoms with Crippen LogP contribution in [0.4, 0.5) is 11.4 Å². The van der Waals surface area contributed by atoms with Gasteiger partial charge in [0.2, 0.25) is 0 Å². The van der Waals surface area contributed by atoms with E-state index in [0.29, 0.717) is 17.1 Å². The highest BCUT2D eigenvalue weighted by Crippen LogP contribution is 2.31. The Balaban J connectivity index is 1.59. The summed E-state index contributed by atoms with van der Waals surface area (Å²) in [7, 11) is 0. The summed E-state index contributed by atoms with van der Waals surface area (Å²) >= 11 is 2.21. The first-order chi connectivity index (χ1) is 13.9. The molecule has 0 atom stereocenters. The molecule has 1 aromatic heterocycles. The van der Waals surface area contributed by atoms with E-state index in [4.69, 9.17) is 4.42 Å². The van der Waals surface area contributed by atoms with Gasteiger partial charge in [-0.25, -0.2) is 5.43 Å². The Morgan fingerprint density at radius 2 is 1.97 bits per heavy atom. The number of halogens is 1. The van der Waals surface area contributed by atoms with Crippen molar-refractivity contribution in [3.8, 4) is 11.3 Å². The third kappa shape index (κ3) is 5.64. The molecule has 0 saturated heterocycles. The number of furan rings is 1. The van der Waals surface area contributed by atoms with Crippen LogP contribution in [-0.2, 0) is 4.79 Å². The molecule has 0 unspecified atom stereocenters. The molecule has 3 rings (SSSR count). The Bertz CT molecular complexity index is 1060. The highest BCUT2D eigenvalue weighted by molar-refractivity contribution is 14.1. The molecule has 3 aromatic rings. The number of amides is 1. The van der Waals surface area contributed by atoms with Crippen LogP contribution in [0.5, 0.6) is 0 Å². The molecule has 2 N–H and O–H groups in total. The lowest BCUT2D eigenvalue weighted by molar-refractivity contribution is -0.384. The summed E-state index contributed by atoms with van der Waals surface area (Å²) in [5.41, 5.74) is 4.37. The number of hydrazone groups is 1. The maximum Gasteiger partial charge on any atom is 0.280 e. The van der Waals surface area contributed by atoms with E-state index in [9.17, 15) is 14.9 Å². The number of hydrogen-bond donors (Lipinski definition) is 2. The van der Waals surface area contributed by atoms with E-state index in [0.717, 1.165) is 14.8 Å². The minimum absolute atomic E-state index is 0.0298. The zero-order chi connectivity index (χ0) is 20.8. The Kier molecular flexibility index (Phi) is 6.60. The smallest absolute Gasteiger partial charge is 0.280 e. The van der Waals surface area contributed by atoms with Crippen molar-refractivity contribution in [1.29, 1.82) is 0 Å². The van der Waals surface area contributed by atoms with Crippen LogP contribution >= 0.6 is 22.6 Å². The lowest BCUT2D eigenvalue weighted by atomic mass is 10.1. The van der Waals surface area contributed by atoms with Crippen molar-refractivity contribution < 1.29 is 14.1 Å². The molecular formula is C20H17IN4O4. The number of nitro benzene ring substituents is 1. The Morgan fingerprint density at radius 3 is 2.69 bits per heavy atom. The minimum atomic E-state index is -0.445. The SMILES string of the molecule is Cc1ccc(-c2ccc(/C=N\NC(=O)CNc3ccc(I)cc3)o2)c([N+](=O)[O-])c1. The molecule has 29 heavy (non-hydrogen) atoms. The quantitative estimate of drug-likeness (QED) is 0.216. The van der Waals surface area contributed by atoms with Gasteiger partial charge in [-0.15, -0.1) is 0 Å². The van der Waals surface area contributed by atoms with E-state index in [-0.39, 0.29) is 18.1 Å². The molecule has 0 saturated carbocycles. The number of carbonyl (C=O) groups is 1. The van der Waals surface area contributed by atoms with Gasteiger partial charge in [-0.05, 0) is 77.5 Å². The van der Waals surface area contributed by atoms with Gasteiger partial charge >= 0.3 is 0 Å². The number of nitrogens with one attached hydrogen (secondary N) is 2. The first kappa shape index (κ1) is 20.5. The van der Waals surface area contributed by atoms with Crippen LogP contribution in [0.2, 0.25) is 0 Å². The summed E-state index contributed by atoms with van der Waals surface area (Å²) < 4.78 is 6.71. The topological polar surface area (TPSA) is 110 Å². The van der Waals surface area contributed by atoms with Gasteiger partial charge in [0.05, 0.1) is 23.2 Å². The molecule has 0 aliphatic heterocycles. The molecule has 0 radical (unpaired) electrons. The van der Waals surface area contributed by atoms with Gasteiger partial charge in [0.25, 0.3) is 11.6 Å². The van der Waals surface area contributed by atoms with Crippen LogP contribution < -0.4 is 10.7 Å². The second-order valence-electron chi connectivity index (χ2n) is 6.13. The summed E-state index contributed by atoms with van der Waals surface area (Å²) in [6.07, 6.45) is 1.34. The average Bonchev–Trinajstić information content (AvgIpc) is 3.16. The number of hydrogen-bond acceptors (Lipinski definition) is 6. The Morgan fingerprint density at radius 1 is 1.21 bits per heavy atom. The zero-order valence-corrected chi connectivity index (χ0v) is 17.5. The van der Waals surface area contributed by atoms with Gasteiger partial charge < -0.3 is 9.73 Å². The van der Waals surface area contributed by atoms with Gasteiger partial charge in [-0.2, -0.15) is 5.10 Å². The second-order valence-corrected chi connectivity index (χ2v) is 7.38. The van der Waals surface area contributed by atoms with Crippen molar-refractivity contribution in [2.45, 2.75) is 6.92 Å². The largest absolute Gasteiger partial charge is 0.455 e. The van der Waals surface area contributed by atoms with Crippen molar-refractivity contribution >= 4 is 46.1 Å². The molecule has 9 heteroatoms. The van der Waals surface area contributed by atoms with E-state index in [1.54, 1.807) is 31.2 Å². The van der Waals surface area contributed by atoms with Crippen LogP contribution in [0.3, 0.4) is 0 Å². The fourth-order valence-electron chi connectivity index (χ4n) is 2.53. The highest BCUT2D eigenvalue weighted by Gasteiger charge is 2.18. The Labute approximate surface area is 180 Å². The molecule has 0 bridgehead atoms. The predicted octanol–water partition coefficient (Wildman–Crippen LogP) is 4.33. The molecule has 1 amide bonds. The maximum atomic E-state index is 11.9. The third-order valence-corrected chi connectivity index (χ3v) is 4.64. The average molecular weight is 504 g/mol. The lowest BCUT2D eigenvalue weighted by Crippen LogP contribution is -2.25. The number of aryl methyl sites for hydroxylation is 1. The molecule has 0 fully saturated rings. The summed E-state index contributed by atoms with van der Waals surface area (Å²) in [6.45, 7) is 1.85. The first-order valence-corrected chi connectivity index (χ1v) is 9.67. The fourth-order valence-corrected chi connectivity index (χ4v) is 2.89. The lowest BCUT2D eigenvalue weighted by Gasteiger charge is -2.04. The van der Waals surface area contributed by atoms with Crippen LogP contribution in [0.15, 0.2) is 64.1 Å². The minimum Gasteiger partial charge on any atom is -0.455 e. The number of carbonyl (C=O) groups excluding carboxylic acids is 1. The van der Waals surface area contributed by atoms with E-state index in [1.807, 2.05) is 24.3 Å². The van der Waals surface area contributed by atoms with Crippen LogP contribution in [-0.4, -0.2) is 23.6 Å². The van der Waals surface area contributed by atoms with Crippen molar-refractivity contribution in [3.63, 3.8) is 0 Å². The molecule has 2 aromatic carbocycles. The summed E-state index contributed by atoms with van der Waals surface area (Å²) in [4.78, 5) is 22.7. The molecule has 148 valence electrons. The summed E-state index contributed by atoms with van der Waals surface area (Å²) in [5.74, 6) is 0.395. The van der Waals surface area contributed by atoms with Crippen molar-refractivity contribution in [2.24, 2.45) is 5.10 Å². The van der Waals surface area contributed by atoms with Crippen molar-refractivity contribution in [1.82, 2.24) is 5.43 Å². The monoisotopic (exact) mass is 504 g/mol. The van der Waals surface area contributed by atoms with E-state index in [2.05, 4.69) is 38.4 Å². The fraction of sp³-hybridized carbons (Fsp3) is 0.100. The van der Waals surface area contributed by atoms with Gasteiger partial charge in [-0.1, -0.05) is 6.07 Å². The molecule has 8 nitrogen and oxygen atoms in total. The van der Waals surface area contributed by atoms with Gasteiger partial charge in [0.15, 0.2) is 0 Å². The van der Waals surface area contributed by atoms with Crippen molar-refractivity contribution in [3.05, 3.63) is 79.6 Å².